The summed E-state index contributed by atoms with van der Waals surface area (Å²) in [6.07, 6.45) is 4.09. The third kappa shape index (κ3) is 2.48. The Morgan fingerprint density at radius 3 is 2.80 bits per heavy atom. The second kappa shape index (κ2) is 4.21. The highest BCUT2D eigenvalue weighted by atomic mass is 32.2. The van der Waals surface area contributed by atoms with E-state index < -0.39 is 0 Å². The van der Waals surface area contributed by atoms with Crippen molar-refractivity contribution in [2.24, 2.45) is 5.92 Å². The van der Waals surface area contributed by atoms with E-state index in [1.165, 1.54) is 0 Å². The molecule has 10 heavy (non-hydrogen) atoms. The summed E-state index contributed by atoms with van der Waals surface area (Å²) in [6.45, 7) is 1.08. The molecule has 0 spiro atoms. The summed E-state index contributed by atoms with van der Waals surface area (Å²) in [4.78, 5) is 0. The minimum Gasteiger partial charge on any atom is -0.393 e. The van der Waals surface area contributed by atoms with Gasteiger partial charge in [0.15, 0.2) is 0 Å². The quantitative estimate of drug-likeness (QED) is 0.469. The van der Waals surface area contributed by atoms with Gasteiger partial charge in [-0.25, -0.2) is 0 Å². The van der Waals surface area contributed by atoms with E-state index in [1.807, 2.05) is 0 Å². The van der Waals surface area contributed by atoms with Crippen molar-refractivity contribution in [3.05, 3.63) is 0 Å². The van der Waals surface area contributed by atoms with Gasteiger partial charge in [0, 0.05) is 5.88 Å². The van der Waals surface area contributed by atoms with Gasteiger partial charge in [0.05, 0.1) is 6.10 Å². The summed E-state index contributed by atoms with van der Waals surface area (Å²) in [5.41, 5.74) is 0. The zero-order valence-electron chi connectivity index (χ0n) is 6.34. The molecule has 2 N–H and O–H groups in total. The second-order valence-electron chi connectivity index (χ2n) is 2.88. The number of aliphatic hydroxyl groups excluding tert-OH is 1. The van der Waals surface area contributed by atoms with Gasteiger partial charge in [0.1, 0.15) is 0 Å². The van der Waals surface area contributed by atoms with E-state index in [4.69, 9.17) is 5.11 Å². The number of thioether (sulfide) groups is 1. The van der Waals surface area contributed by atoms with Crippen LogP contribution in [0.2, 0.25) is 0 Å². The maximum Gasteiger partial charge on any atom is 0.0546 e. The van der Waals surface area contributed by atoms with Crippen LogP contribution < -0.4 is 5.32 Å². The van der Waals surface area contributed by atoms with Crippen molar-refractivity contribution in [1.29, 1.82) is 0 Å². The van der Waals surface area contributed by atoms with Gasteiger partial charge in [-0.15, -0.1) is 11.8 Å². The van der Waals surface area contributed by atoms with Crippen LogP contribution in [0, 0.1) is 5.92 Å². The number of nitrogens with one attached hydrogen (secondary N) is 1. The minimum atomic E-state index is 0.001000. The molecule has 0 atom stereocenters. The third-order valence-corrected chi connectivity index (χ3v) is 2.38. The van der Waals surface area contributed by atoms with E-state index in [2.05, 4.69) is 11.6 Å². The van der Waals surface area contributed by atoms with Crippen LogP contribution in [0.25, 0.3) is 0 Å². The predicted molar refractivity (Wildman–Crippen MR) is 45.1 cm³/mol. The van der Waals surface area contributed by atoms with Crippen LogP contribution in [0.5, 0.6) is 0 Å². The topological polar surface area (TPSA) is 32.3 Å². The molecule has 0 radical (unpaired) electrons. The van der Waals surface area contributed by atoms with Gasteiger partial charge < -0.3 is 10.4 Å². The molecule has 0 heterocycles. The Balaban J connectivity index is 1.86. The van der Waals surface area contributed by atoms with Crippen LogP contribution >= 0.6 is 11.8 Å². The highest BCUT2D eigenvalue weighted by Gasteiger charge is 2.26. The molecule has 0 bridgehead atoms. The molecule has 1 rings (SSSR count). The molecule has 2 nitrogen and oxygen atoms in total. The number of aliphatic hydroxyl groups is 1. The summed E-state index contributed by atoms with van der Waals surface area (Å²) in [5, 5.41) is 12.3. The van der Waals surface area contributed by atoms with Gasteiger partial charge >= 0.3 is 0 Å². The molecule has 0 unspecified atom stereocenters. The van der Waals surface area contributed by atoms with E-state index in [1.54, 1.807) is 11.8 Å². The average molecular weight is 161 g/mol. The number of hydrogen-bond acceptors (Lipinski definition) is 3. The first-order valence-corrected chi connectivity index (χ1v) is 5.10. The highest BCUT2D eigenvalue weighted by molar-refractivity contribution is 7.98. The fraction of sp³-hybridized carbons (Fsp3) is 1.00. The normalized spacial score (nSPS) is 31.8. The van der Waals surface area contributed by atoms with Crippen LogP contribution in [-0.4, -0.2) is 29.9 Å². The molecule has 0 aliphatic heterocycles. The van der Waals surface area contributed by atoms with Gasteiger partial charge in [-0.2, -0.15) is 0 Å². The molecule has 1 fully saturated rings. The van der Waals surface area contributed by atoms with Crippen LogP contribution in [0.15, 0.2) is 0 Å². The van der Waals surface area contributed by atoms with Crippen molar-refractivity contribution in [2.75, 3.05) is 18.7 Å². The van der Waals surface area contributed by atoms with Gasteiger partial charge in [0.25, 0.3) is 0 Å². The average Bonchev–Trinajstić information content (AvgIpc) is 1.85. The van der Waals surface area contributed by atoms with E-state index in [0.29, 0.717) is 0 Å². The molecule has 0 saturated heterocycles. The summed E-state index contributed by atoms with van der Waals surface area (Å²) in [6, 6.07) is 0. The van der Waals surface area contributed by atoms with Gasteiger partial charge in [-0.05, 0) is 31.6 Å². The third-order valence-electron chi connectivity index (χ3n) is 1.89. The summed E-state index contributed by atoms with van der Waals surface area (Å²) in [5.74, 6) is 1.77. The fourth-order valence-electron chi connectivity index (χ4n) is 1.23. The lowest BCUT2D eigenvalue weighted by atomic mass is 9.82. The molecule has 0 aromatic rings. The molecule has 1 saturated carbocycles. The number of hydrogen-bond donors (Lipinski definition) is 2. The Hall–Kier alpha value is 0.270. The SMILES string of the molecule is CSCNCC1CC(O)C1. The van der Waals surface area contributed by atoms with Crippen LogP contribution in [0.3, 0.4) is 0 Å². The second-order valence-corrected chi connectivity index (χ2v) is 3.74. The molecule has 1 aliphatic carbocycles. The molecule has 3 heteroatoms. The molecule has 1 aliphatic rings. The van der Waals surface area contributed by atoms with Crippen molar-refractivity contribution in [3.63, 3.8) is 0 Å². The Morgan fingerprint density at radius 1 is 1.60 bits per heavy atom. The lowest BCUT2D eigenvalue weighted by Gasteiger charge is -2.31. The van der Waals surface area contributed by atoms with Gasteiger partial charge in [-0.1, -0.05) is 0 Å². The largest absolute Gasteiger partial charge is 0.393 e. The maximum absolute atomic E-state index is 8.94. The Kier molecular flexibility index (Phi) is 3.52. The van der Waals surface area contributed by atoms with E-state index >= 15 is 0 Å². The Labute approximate surface area is 66.4 Å². The predicted octanol–water partition coefficient (Wildman–Crippen LogP) is 0.667. The summed E-state index contributed by atoms with van der Waals surface area (Å²) in [7, 11) is 0. The first-order chi connectivity index (χ1) is 4.83. The van der Waals surface area contributed by atoms with Crippen LogP contribution in [0.4, 0.5) is 0 Å². The van der Waals surface area contributed by atoms with Gasteiger partial charge in [-0.3, -0.25) is 0 Å². The molecule has 0 aromatic carbocycles. The smallest absolute Gasteiger partial charge is 0.0546 e. The van der Waals surface area contributed by atoms with Crippen LogP contribution in [0.1, 0.15) is 12.8 Å². The standard InChI is InChI=1S/C7H15NOS/c1-10-5-8-4-6-2-7(9)3-6/h6-9H,2-5H2,1H3. The monoisotopic (exact) mass is 161 g/mol. The first-order valence-electron chi connectivity index (χ1n) is 3.70. The minimum absolute atomic E-state index is 0.001000. The number of rotatable bonds is 4. The van der Waals surface area contributed by atoms with E-state index in [9.17, 15) is 0 Å². The van der Waals surface area contributed by atoms with E-state index in [-0.39, 0.29) is 6.10 Å². The summed E-state index contributed by atoms with van der Waals surface area (Å²) < 4.78 is 0. The van der Waals surface area contributed by atoms with Crippen molar-refractivity contribution in [1.82, 2.24) is 5.32 Å². The molecule has 60 valence electrons. The fourth-order valence-corrected chi connectivity index (χ4v) is 1.55. The van der Waals surface area contributed by atoms with Crippen molar-refractivity contribution < 1.29 is 5.11 Å². The first kappa shape index (κ1) is 8.37. The van der Waals surface area contributed by atoms with E-state index in [0.717, 1.165) is 31.2 Å². The lowest BCUT2D eigenvalue weighted by molar-refractivity contribution is 0.0438. The maximum atomic E-state index is 8.94. The van der Waals surface area contributed by atoms with Crippen molar-refractivity contribution >= 4 is 11.8 Å². The zero-order valence-corrected chi connectivity index (χ0v) is 7.16. The Bertz CT molecular complexity index is 93.6. The van der Waals surface area contributed by atoms with Crippen molar-refractivity contribution in [3.8, 4) is 0 Å². The summed E-state index contributed by atoms with van der Waals surface area (Å²) >= 11 is 1.81. The zero-order chi connectivity index (χ0) is 7.40. The lowest BCUT2D eigenvalue weighted by Crippen LogP contribution is -2.35. The molecular weight excluding hydrogens is 146 g/mol. The molecular formula is C7H15NOS. The van der Waals surface area contributed by atoms with Crippen LogP contribution in [-0.2, 0) is 0 Å². The van der Waals surface area contributed by atoms with Crippen molar-refractivity contribution in [2.45, 2.75) is 18.9 Å². The molecule has 0 amide bonds. The molecule has 0 aromatic heterocycles. The Morgan fingerprint density at radius 2 is 2.30 bits per heavy atom. The highest BCUT2D eigenvalue weighted by Crippen LogP contribution is 2.25. The van der Waals surface area contributed by atoms with Gasteiger partial charge in [0.2, 0.25) is 0 Å².